The monoisotopic (exact) mass is 673 g/mol. The zero-order valence-electron chi connectivity index (χ0n) is 29.1. The van der Waals surface area contributed by atoms with Crippen LogP contribution in [0.2, 0.25) is 0 Å². The van der Waals surface area contributed by atoms with Crippen molar-refractivity contribution in [1.82, 2.24) is 20.5 Å². The van der Waals surface area contributed by atoms with E-state index in [2.05, 4.69) is 25.5 Å². The average Bonchev–Trinajstić information content (AvgIpc) is 3.72. The Kier molecular flexibility index (Phi) is 7.71. The highest BCUT2D eigenvalue weighted by atomic mass is 16.6. The van der Waals surface area contributed by atoms with Gasteiger partial charge in [0.05, 0.1) is 11.3 Å². The fraction of sp³-hybridized carbons (Fsp3) is 0.541. The van der Waals surface area contributed by atoms with Crippen LogP contribution in [-0.4, -0.2) is 79.3 Å². The summed E-state index contributed by atoms with van der Waals surface area (Å²) in [6, 6.07) is 8.83. The van der Waals surface area contributed by atoms with Gasteiger partial charge in [0.2, 0.25) is 5.96 Å². The third kappa shape index (κ3) is 6.09. The summed E-state index contributed by atoms with van der Waals surface area (Å²) in [4.78, 5) is 36.0. The molecule has 1 aromatic heterocycles. The summed E-state index contributed by atoms with van der Waals surface area (Å²) in [6.07, 6.45) is 2.88. The zero-order valence-corrected chi connectivity index (χ0v) is 29.1. The van der Waals surface area contributed by atoms with Crippen LogP contribution in [0.1, 0.15) is 83.2 Å². The maximum atomic E-state index is 13.1. The maximum Gasteiger partial charge on any atom is 0.414 e. The Morgan fingerprint density at radius 2 is 1.67 bits per heavy atom. The van der Waals surface area contributed by atoms with E-state index in [1.807, 2.05) is 18.2 Å². The first-order valence-electron chi connectivity index (χ1n) is 17.2. The Morgan fingerprint density at radius 1 is 1.00 bits per heavy atom. The molecular formula is C37H47N5O7. The minimum atomic E-state index is -1.21. The van der Waals surface area contributed by atoms with Crippen LogP contribution in [0.3, 0.4) is 0 Å². The van der Waals surface area contributed by atoms with Gasteiger partial charge in [0.1, 0.15) is 11.2 Å². The number of phenols is 2. The minimum Gasteiger partial charge on any atom is -0.504 e. The number of likely N-dealkylation sites (tertiary alicyclic amines) is 1. The molecule has 0 unspecified atom stereocenters. The number of guanidine groups is 1. The van der Waals surface area contributed by atoms with Crippen LogP contribution in [0, 0.1) is 5.92 Å². The van der Waals surface area contributed by atoms with Crippen LogP contribution >= 0.6 is 0 Å². The van der Waals surface area contributed by atoms with E-state index in [0.29, 0.717) is 42.9 Å². The van der Waals surface area contributed by atoms with Gasteiger partial charge >= 0.3 is 12.2 Å². The first-order chi connectivity index (χ1) is 22.9. The Morgan fingerprint density at radius 3 is 2.31 bits per heavy atom. The summed E-state index contributed by atoms with van der Waals surface area (Å²) in [5.74, 6) is 0.184. The largest absolute Gasteiger partial charge is 0.504 e. The number of H-pyrrole nitrogens is 1. The van der Waals surface area contributed by atoms with Crippen molar-refractivity contribution in [2.45, 2.75) is 108 Å². The van der Waals surface area contributed by atoms with Crippen LogP contribution in [0.4, 0.5) is 15.3 Å². The number of aromatic nitrogens is 1. The van der Waals surface area contributed by atoms with Crippen molar-refractivity contribution in [1.29, 1.82) is 0 Å². The average molecular weight is 674 g/mol. The number of phenolic OH excluding ortho intramolecular Hbond substituents is 2. The second kappa shape index (κ2) is 11.4. The Hall–Kier alpha value is -4.29. The molecule has 2 heterocycles. The molecule has 2 amide bonds. The normalized spacial score (nSPS) is 24.7. The Bertz CT molecular complexity index is 1830. The standard InChI is InChI=1S/C37H47N5O7/c1-34(2,3)48-32(45)40-31(41-33(46)49-35(4,5)6)38-22-10-11-25-23(16-22)24-17-37(47)28-15-21-9-12-27(43)30(44)29(21)36(37,18-26(24)39-25)13-14-42(28)19-20-7-8-20/h9-12,16,20,28,39,43-44,47H,7-8,13-15,17-19H2,1-6H3,(H2,38,40,41,45,46)/t28-,36-,37-/m1/s1. The molecule has 3 atom stereocenters. The predicted octanol–water partition coefficient (Wildman–Crippen LogP) is 5.42. The summed E-state index contributed by atoms with van der Waals surface area (Å²) in [5.41, 5.74) is 1.34. The molecule has 6 N–H and O–H groups in total. The molecule has 1 saturated carbocycles. The second-order valence-corrected chi connectivity index (χ2v) is 16.3. The van der Waals surface area contributed by atoms with Crippen LogP contribution in [0.25, 0.3) is 10.9 Å². The number of fused-ring (bicyclic) bond motifs is 4. The van der Waals surface area contributed by atoms with Crippen LogP contribution in [0.5, 0.6) is 11.5 Å². The molecular weight excluding hydrogens is 626 g/mol. The molecule has 262 valence electrons. The van der Waals surface area contributed by atoms with Crippen molar-refractivity contribution in [2.24, 2.45) is 10.9 Å². The number of aliphatic imine (C=N–C) groups is 1. The lowest BCUT2D eigenvalue weighted by molar-refractivity contribution is -0.152. The molecule has 2 bridgehead atoms. The minimum absolute atomic E-state index is 0.135. The number of aromatic amines is 1. The van der Waals surface area contributed by atoms with Gasteiger partial charge in [-0.25, -0.2) is 14.6 Å². The molecule has 12 heteroatoms. The number of nitrogens with zero attached hydrogens (tertiary/aromatic N) is 2. The summed E-state index contributed by atoms with van der Waals surface area (Å²) in [7, 11) is 0. The number of hydrogen-bond acceptors (Lipinski definition) is 9. The number of benzene rings is 2. The van der Waals surface area contributed by atoms with Gasteiger partial charge in [-0.05, 0) is 115 Å². The molecule has 0 radical (unpaired) electrons. The fourth-order valence-corrected chi connectivity index (χ4v) is 8.27. The van der Waals surface area contributed by atoms with Crippen LogP contribution < -0.4 is 10.6 Å². The number of carbonyl (C=O) groups excluding carboxylic acids is 2. The molecule has 3 aromatic rings. The molecule has 49 heavy (non-hydrogen) atoms. The number of aromatic hydroxyl groups is 2. The Balaban J connectivity index is 1.28. The van der Waals surface area contributed by atoms with Gasteiger partial charge in [0.15, 0.2) is 11.5 Å². The lowest BCUT2D eigenvalue weighted by Crippen LogP contribution is -2.74. The number of nitrogens with one attached hydrogen (secondary N) is 3. The van der Waals surface area contributed by atoms with Gasteiger partial charge < -0.3 is 29.8 Å². The highest BCUT2D eigenvalue weighted by Crippen LogP contribution is 2.60. The summed E-state index contributed by atoms with van der Waals surface area (Å²) in [6.45, 7) is 12.2. The maximum absolute atomic E-state index is 13.1. The third-order valence-corrected chi connectivity index (χ3v) is 10.4. The van der Waals surface area contributed by atoms with Crippen molar-refractivity contribution in [3.63, 3.8) is 0 Å². The number of carbonyl (C=O) groups is 2. The van der Waals surface area contributed by atoms with E-state index in [0.717, 1.165) is 40.8 Å². The highest BCUT2D eigenvalue weighted by molar-refractivity contribution is 6.03. The lowest BCUT2D eigenvalue weighted by atomic mass is 9.49. The van der Waals surface area contributed by atoms with Gasteiger partial charge in [0.25, 0.3) is 0 Å². The Labute approximate surface area is 285 Å². The molecule has 0 spiro atoms. The lowest BCUT2D eigenvalue weighted by Gasteiger charge is -2.63. The number of piperidine rings is 1. The molecule has 1 saturated heterocycles. The van der Waals surface area contributed by atoms with Crippen molar-refractivity contribution < 1.29 is 34.4 Å². The third-order valence-electron chi connectivity index (χ3n) is 10.4. The first-order valence-corrected chi connectivity index (χ1v) is 17.2. The van der Waals surface area contributed by atoms with Gasteiger partial charge in [0, 0.05) is 53.0 Å². The van der Waals surface area contributed by atoms with E-state index in [1.54, 1.807) is 53.7 Å². The van der Waals surface area contributed by atoms with E-state index in [-0.39, 0.29) is 23.5 Å². The van der Waals surface area contributed by atoms with E-state index < -0.39 is 34.4 Å². The molecule has 2 aromatic carbocycles. The number of amides is 2. The number of alkyl carbamates (subject to hydrolysis) is 2. The van der Waals surface area contributed by atoms with E-state index in [1.165, 1.54) is 12.8 Å². The summed E-state index contributed by atoms with van der Waals surface area (Å²) >= 11 is 0. The molecule has 1 aliphatic heterocycles. The second-order valence-electron chi connectivity index (χ2n) is 16.3. The quantitative estimate of drug-likeness (QED) is 0.122. The zero-order chi connectivity index (χ0) is 35.1. The van der Waals surface area contributed by atoms with Gasteiger partial charge in [-0.2, -0.15) is 0 Å². The highest BCUT2D eigenvalue weighted by Gasteiger charge is 2.66. The van der Waals surface area contributed by atoms with Crippen molar-refractivity contribution >= 4 is 34.7 Å². The van der Waals surface area contributed by atoms with E-state index >= 15 is 0 Å². The molecule has 12 nitrogen and oxygen atoms in total. The SMILES string of the molecule is CC(C)(C)OC(=O)NC(=Nc1ccc2[nH]c3c(c2c1)C[C@@]1(O)[C@H]2Cc4ccc(O)c(O)c4[C@@]1(CCN2CC1CC1)C3)NC(=O)OC(C)(C)C. The fourth-order valence-electron chi connectivity index (χ4n) is 8.27. The number of hydrogen-bond donors (Lipinski definition) is 6. The van der Waals surface area contributed by atoms with Crippen LogP contribution in [0.15, 0.2) is 35.3 Å². The molecule has 2 fully saturated rings. The van der Waals surface area contributed by atoms with Crippen molar-refractivity contribution in [3.05, 3.63) is 52.7 Å². The van der Waals surface area contributed by atoms with E-state index in [4.69, 9.17) is 9.47 Å². The van der Waals surface area contributed by atoms with Crippen LogP contribution in [-0.2, 0) is 34.2 Å². The number of rotatable bonds is 3. The number of ether oxygens (including phenoxy) is 2. The van der Waals surface area contributed by atoms with Crippen molar-refractivity contribution in [3.8, 4) is 11.5 Å². The number of aliphatic hydroxyl groups is 1. The van der Waals surface area contributed by atoms with Gasteiger partial charge in [-0.1, -0.05) is 6.07 Å². The molecule has 7 rings (SSSR count). The summed E-state index contributed by atoms with van der Waals surface area (Å²) in [5, 5.41) is 40.9. The topological polar surface area (TPSA) is 169 Å². The molecule has 4 aliphatic rings. The van der Waals surface area contributed by atoms with Gasteiger partial charge in [-0.3, -0.25) is 15.5 Å². The smallest absolute Gasteiger partial charge is 0.414 e. The van der Waals surface area contributed by atoms with E-state index in [9.17, 15) is 24.9 Å². The molecule has 3 aliphatic carbocycles. The first kappa shape index (κ1) is 33.2. The predicted molar refractivity (Wildman–Crippen MR) is 184 cm³/mol. The summed E-state index contributed by atoms with van der Waals surface area (Å²) < 4.78 is 10.8. The van der Waals surface area contributed by atoms with Gasteiger partial charge in [-0.15, -0.1) is 0 Å². The van der Waals surface area contributed by atoms with Crippen molar-refractivity contribution in [2.75, 3.05) is 13.1 Å².